The number of hydrogen-bond donors (Lipinski definition) is 0. The highest BCUT2D eigenvalue weighted by molar-refractivity contribution is 9.10. The molecule has 0 aliphatic carbocycles. The molecule has 0 radical (unpaired) electrons. The predicted molar refractivity (Wildman–Crippen MR) is 87.2 cm³/mol. The van der Waals surface area contributed by atoms with Crippen LogP contribution in [0.25, 0.3) is 0 Å². The molecule has 2 nitrogen and oxygen atoms in total. The highest BCUT2D eigenvalue weighted by atomic mass is 79.9. The minimum absolute atomic E-state index is 0.0451. The van der Waals surface area contributed by atoms with E-state index in [1.54, 1.807) is 6.07 Å². The van der Waals surface area contributed by atoms with Crippen LogP contribution in [0.15, 0.2) is 22.7 Å². The third kappa shape index (κ3) is 3.37. The maximum absolute atomic E-state index is 12.5. The first-order valence-corrected chi connectivity index (χ1v) is 8.21. The number of hydrogen-bond acceptors (Lipinski definition) is 1. The second-order valence-electron chi connectivity index (χ2n) is 6.53. The predicted octanol–water partition coefficient (Wildman–Crippen LogP) is 5.00. The van der Waals surface area contributed by atoms with Gasteiger partial charge in [0.1, 0.15) is 0 Å². The van der Waals surface area contributed by atoms with Crippen molar-refractivity contribution in [2.45, 2.75) is 33.6 Å². The Morgan fingerprint density at radius 2 is 1.90 bits per heavy atom. The molecule has 0 bridgehead atoms. The van der Waals surface area contributed by atoms with Gasteiger partial charge in [0.2, 0.25) is 0 Å². The van der Waals surface area contributed by atoms with Crippen LogP contribution in [-0.2, 0) is 0 Å². The molecule has 1 saturated heterocycles. The Morgan fingerprint density at radius 1 is 1.30 bits per heavy atom. The van der Waals surface area contributed by atoms with E-state index in [9.17, 15) is 4.79 Å². The molecular formula is C16H21BrClNO. The Balaban J connectivity index is 2.07. The summed E-state index contributed by atoms with van der Waals surface area (Å²) in [5.41, 5.74) is 0.915. The van der Waals surface area contributed by atoms with Gasteiger partial charge in [-0.3, -0.25) is 4.79 Å². The molecule has 0 atom stereocenters. The first-order valence-electron chi connectivity index (χ1n) is 7.04. The molecule has 1 aliphatic rings. The first-order chi connectivity index (χ1) is 9.30. The smallest absolute Gasteiger partial charge is 0.255 e. The Hall–Kier alpha value is -0.540. The summed E-state index contributed by atoms with van der Waals surface area (Å²) in [4.78, 5) is 14.5. The van der Waals surface area contributed by atoms with Crippen molar-refractivity contribution in [2.75, 3.05) is 13.1 Å². The lowest BCUT2D eigenvalue weighted by Crippen LogP contribution is -2.41. The maximum atomic E-state index is 12.5. The number of carbonyl (C=O) groups excluding carboxylic acids is 1. The molecule has 0 saturated carbocycles. The first kappa shape index (κ1) is 15.8. The standard InChI is InChI=1S/C16H21BrClNO/c1-16(2,3)11-7-9-19(10-8-11)15(20)12-5-4-6-13(17)14(12)18/h4-6,11H,7-10H2,1-3H3. The van der Waals surface area contributed by atoms with E-state index in [4.69, 9.17) is 11.6 Å². The number of nitrogens with zero attached hydrogens (tertiary/aromatic N) is 1. The van der Waals surface area contributed by atoms with E-state index >= 15 is 0 Å². The summed E-state index contributed by atoms with van der Waals surface area (Å²) in [5.74, 6) is 0.730. The normalized spacial score (nSPS) is 17.4. The van der Waals surface area contributed by atoms with Crippen LogP contribution < -0.4 is 0 Å². The lowest BCUT2D eigenvalue weighted by atomic mass is 9.75. The van der Waals surface area contributed by atoms with Crippen LogP contribution in [0.1, 0.15) is 44.0 Å². The van der Waals surface area contributed by atoms with Crippen molar-refractivity contribution in [2.24, 2.45) is 11.3 Å². The lowest BCUT2D eigenvalue weighted by molar-refractivity contribution is 0.0609. The number of carbonyl (C=O) groups is 1. The topological polar surface area (TPSA) is 20.3 Å². The van der Waals surface area contributed by atoms with Crippen LogP contribution in [0.2, 0.25) is 5.02 Å². The number of rotatable bonds is 1. The van der Waals surface area contributed by atoms with Crippen LogP contribution in [0.3, 0.4) is 0 Å². The molecule has 0 spiro atoms. The highest BCUT2D eigenvalue weighted by Crippen LogP contribution is 2.35. The molecule has 1 fully saturated rings. The van der Waals surface area contributed by atoms with Crippen molar-refractivity contribution >= 4 is 33.4 Å². The molecule has 1 aliphatic heterocycles. The minimum Gasteiger partial charge on any atom is -0.339 e. The molecule has 4 heteroatoms. The zero-order valence-corrected chi connectivity index (χ0v) is 14.6. The second kappa shape index (κ2) is 6.07. The van der Waals surface area contributed by atoms with Gasteiger partial charge in [0.25, 0.3) is 5.91 Å². The van der Waals surface area contributed by atoms with Crippen molar-refractivity contribution in [1.29, 1.82) is 0 Å². The van der Waals surface area contributed by atoms with Gasteiger partial charge in [0.15, 0.2) is 0 Å². The van der Waals surface area contributed by atoms with Gasteiger partial charge in [0.05, 0.1) is 10.6 Å². The van der Waals surface area contributed by atoms with Crippen LogP contribution >= 0.6 is 27.5 Å². The monoisotopic (exact) mass is 357 g/mol. The van der Waals surface area contributed by atoms with Gasteiger partial charge >= 0.3 is 0 Å². The third-order valence-electron chi connectivity index (χ3n) is 4.19. The average molecular weight is 359 g/mol. The number of halogens is 2. The Labute approximate surface area is 134 Å². The maximum Gasteiger partial charge on any atom is 0.255 e. The van der Waals surface area contributed by atoms with Gasteiger partial charge in [-0.15, -0.1) is 0 Å². The number of benzene rings is 1. The molecule has 20 heavy (non-hydrogen) atoms. The summed E-state index contributed by atoms with van der Waals surface area (Å²) in [6.45, 7) is 8.48. The summed E-state index contributed by atoms with van der Waals surface area (Å²) in [7, 11) is 0. The Kier molecular flexibility index (Phi) is 4.80. The van der Waals surface area contributed by atoms with E-state index in [-0.39, 0.29) is 5.91 Å². The van der Waals surface area contributed by atoms with E-state index in [2.05, 4.69) is 36.7 Å². The third-order valence-corrected chi connectivity index (χ3v) is 5.49. The molecule has 0 aromatic heterocycles. The van der Waals surface area contributed by atoms with Gasteiger partial charge in [-0.05, 0) is 52.2 Å². The highest BCUT2D eigenvalue weighted by Gasteiger charge is 2.31. The number of amides is 1. The molecule has 1 heterocycles. The van der Waals surface area contributed by atoms with Gasteiger partial charge in [0, 0.05) is 17.6 Å². The molecule has 110 valence electrons. The van der Waals surface area contributed by atoms with Crippen LogP contribution in [0.4, 0.5) is 0 Å². The number of piperidine rings is 1. The summed E-state index contributed by atoms with van der Waals surface area (Å²) in [6, 6.07) is 5.50. The Morgan fingerprint density at radius 3 is 2.45 bits per heavy atom. The fourth-order valence-electron chi connectivity index (χ4n) is 2.79. The minimum atomic E-state index is 0.0451. The molecule has 1 amide bonds. The van der Waals surface area contributed by atoms with Crippen LogP contribution in [0.5, 0.6) is 0 Å². The van der Waals surface area contributed by atoms with Gasteiger partial charge in [-0.25, -0.2) is 0 Å². The summed E-state index contributed by atoms with van der Waals surface area (Å²) < 4.78 is 0.773. The zero-order chi connectivity index (χ0) is 14.9. The summed E-state index contributed by atoms with van der Waals surface area (Å²) >= 11 is 9.59. The second-order valence-corrected chi connectivity index (χ2v) is 7.77. The largest absolute Gasteiger partial charge is 0.339 e. The Bertz CT molecular complexity index is 502. The van der Waals surface area contributed by atoms with E-state index in [1.807, 2.05) is 17.0 Å². The molecular weight excluding hydrogens is 338 g/mol. The van der Waals surface area contributed by atoms with Crippen LogP contribution in [-0.4, -0.2) is 23.9 Å². The number of likely N-dealkylation sites (tertiary alicyclic amines) is 1. The van der Waals surface area contributed by atoms with E-state index in [1.165, 1.54) is 0 Å². The van der Waals surface area contributed by atoms with E-state index < -0.39 is 0 Å². The lowest BCUT2D eigenvalue weighted by Gasteiger charge is -2.38. The SMILES string of the molecule is CC(C)(C)C1CCN(C(=O)c2cccc(Br)c2Cl)CC1. The zero-order valence-electron chi connectivity index (χ0n) is 12.2. The molecule has 0 unspecified atom stereocenters. The van der Waals surface area contributed by atoms with Crippen LogP contribution in [0, 0.1) is 11.3 Å². The average Bonchev–Trinajstić information content (AvgIpc) is 2.40. The van der Waals surface area contributed by atoms with E-state index in [0.29, 0.717) is 21.9 Å². The van der Waals surface area contributed by atoms with Crippen molar-refractivity contribution in [1.82, 2.24) is 4.90 Å². The van der Waals surface area contributed by atoms with Crippen molar-refractivity contribution in [3.63, 3.8) is 0 Å². The fourth-order valence-corrected chi connectivity index (χ4v) is 3.36. The molecule has 1 aromatic carbocycles. The summed E-state index contributed by atoms with van der Waals surface area (Å²) in [6.07, 6.45) is 2.14. The molecule has 0 N–H and O–H groups in total. The van der Waals surface area contributed by atoms with Crippen molar-refractivity contribution < 1.29 is 4.79 Å². The van der Waals surface area contributed by atoms with Gasteiger partial charge in [-0.2, -0.15) is 0 Å². The molecule has 2 rings (SSSR count). The molecule has 1 aromatic rings. The van der Waals surface area contributed by atoms with Gasteiger partial charge < -0.3 is 4.90 Å². The quantitative estimate of drug-likeness (QED) is 0.691. The fraction of sp³-hybridized carbons (Fsp3) is 0.562. The summed E-state index contributed by atoms with van der Waals surface area (Å²) in [5, 5.41) is 0.510. The van der Waals surface area contributed by atoms with Gasteiger partial charge in [-0.1, -0.05) is 38.4 Å². The van der Waals surface area contributed by atoms with E-state index in [0.717, 1.165) is 30.4 Å². The van der Waals surface area contributed by atoms with Crippen molar-refractivity contribution in [3.05, 3.63) is 33.3 Å². The van der Waals surface area contributed by atoms with Crippen molar-refractivity contribution in [3.8, 4) is 0 Å².